The Balaban J connectivity index is 5.34. The number of unbranched alkanes of at least 4 members (excludes halogenated alkanes) is 46. The number of carbonyl (C=O) groups excluding carboxylic acids is 4. The fourth-order valence-electron chi connectivity index (χ4n) is 11.8. The summed E-state index contributed by atoms with van der Waals surface area (Å²) in [5.41, 5.74) is 0. The molecule has 0 aliphatic heterocycles. The number of hydrogen-bond donors (Lipinski definition) is 3. The van der Waals surface area contributed by atoms with Crippen LogP contribution in [0.25, 0.3) is 0 Å². The van der Waals surface area contributed by atoms with E-state index in [1.807, 2.05) is 0 Å². The highest BCUT2D eigenvalue weighted by atomic mass is 31.2. The van der Waals surface area contributed by atoms with Gasteiger partial charge in [0, 0.05) is 25.7 Å². The molecule has 102 heavy (non-hydrogen) atoms. The summed E-state index contributed by atoms with van der Waals surface area (Å²) in [6.07, 6.45) is 75.0. The quantitative estimate of drug-likeness (QED) is 0.0169. The molecule has 0 saturated carbocycles. The van der Waals surface area contributed by atoms with Crippen molar-refractivity contribution in [3.8, 4) is 0 Å². The first-order chi connectivity index (χ1) is 49.7. The van der Waals surface area contributed by atoms with Gasteiger partial charge in [0.1, 0.15) is 19.3 Å². The predicted octanol–water partition coefficient (Wildman–Crippen LogP) is 24.5. The molecule has 0 radical (unpaired) electrons. The zero-order chi connectivity index (χ0) is 74.6. The molecular weight excluding hydrogens is 1330 g/mol. The van der Waals surface area contributed by atoms with Crippen LogP contribution >= 0.6 is 15.6 Å². The summed E-state index contributed by atoms with van der Waals surface area (Å²) in [5, 5.41) is 10.7. The first-order valence-electron chi connectivity index (χ1n) is 41.9. The number of ether oxygens (including phenoxy) is 4. The van der Waals surface area contributed by atoms with Crippen molar-refractivity contribution in [1.29, 1.82) is 0 Å². The van der Waals surface area contributed by atoms with Crippen LogP contribution in [0, 0.1) is 0 Å². The molecule has 0 spiro atoms. The normalized spacial score (nSPS) is 14.1. The van der Waals surface area contributed by atoms with Gasteiger partial charge in [-0.15, -0.1) is 0 Å². The number of carbonyl (C=O) groups is 4. The van der Waals surface area contributed by atoms with E-state index in [2.05, 4.69) is 76.3 Å². The van der Waals surface area contributed by atoms with Crippen LogP contribution in [0.5, 0.6) is 0 Å². The minimum Gasteiger partial charge on any atom is -0.462 e. The maximum absolute atomic E-state index is 13.1. The summed E-state index contributed by atoms with van der Waals surface area (Å²) in [7, 11) is -9.95. The van der Waals surface area contributed by atoms with E-state index < -0.39 is 97.5 Å². The molecule has 0 aromatic carbocycles. The summed E-state index contributed by atoms with van der Waals surface area (Å²) in [5.74, 6) is -2.17. The molecule has 0 aromatic rings. The maximum Gasteiger partial charge on any atom is 0.472 e. The van der Waals surface area contributed by atoms with Crippen molar-refractivity contribution in [2.24, 2.45) is 0 Å². The molecule has 5 atom stereocenters. The Morgan fingerprint density at radius 3 is 0.755 bits per heavy atom. The van der Waals surface area contributed by atoms with Gasteiger partial charge in [-0.05, 0) is 109 Å². The first kappa shape index (κ1) is 99.0. The number of hydrogen-bond acceptors (Lipinski definition) is 15. The largest absolute Gasteiger partial charge is 0.472 e. The third-order valence-electron chi connectivity index (χ3n) is 18.3. The number of rotatable bonds is 80. The van der Waals surface area contributed by atoms with Gasteiger partial charge in [0.25, 0.3) is 0 Å². The van der Waals surface area contributed by atoms with Gasteiger partial charge < -0.3 is 33.8 Å². The minimum atomic E-state index is -4.97. The molecule has 0 heterocycles. The van der Waals surface area contributed by atoms with Crippen molar-refractivity contribution < 1.29 is 80.2 Å². The monoisotopic (exact) mass is 1490 g/mol. The van der Waals surface area contributed by atoms with Gasteiger partial charge in [0.15, 0.2) is 12.2 Å². The lowest BCUT2D eigenvalue weighted by Gasteiger charge is -2.21. The highest BCUT2D eigenvalue weighted by Crippen LogP contribution is 2.45. The van der Waals surface area contributed by atoms with Gasteiger partial charge in [0.05, 0.1) is 26.4 Å². The maximum atomic E-state index is 13.1. The highest BCUT2D eigenvalue weighted by Gasteiger charge is 2.30. The zero-order valence-electron chi connectivity index (χ0n) is 65.6. The molecule has 0 saturated heterocycles. The van der Waals surface area contributed by atoms with Crippen LogP contribution in [0.2, 0.25) is 0 Å². The number of allylic oxidation sites excluding steroid dienone is 8. The summed E-state index contributed by atoms with van der Waals surface area (Å²) in [6, 6.07) is 0. The molecule has 19 heteroatoms. The van der Waals surface area contributed by atoms with Gasteiger partial charge >= 0.3 is 39.5 Å². The fraction of sp³-hybridized carbons (Fsp3) is 0.855. The Labute approximate surface area is 623 Å². The highest BCUT2D eigenvalue weighted by molar-refractivity contribution is 7.47. The van der Waals surface area contributed by atoms with E-state index in [1.165, 1.54) is 173 Å². The molecule has 0 bridgehead atoms. The topological polar surface area (TPSA) is 237 Å². The van der Waals surface area contributed by atoms with Crippen molar-refractivity contribution in [2.45, 2.75) is 418 Å². The van der Waals surface area contributed by atoms with E-state index in [0.717, 1.165) is 148 Å². The number of phosphoric acid groups is 2. The molecule has 3 N–H and O–H groups in total. The van der Waals surface area contributed by atoms with Gasteiger partial charge in [-0.3, -0.25) is 37.3 Å². The van der Waals surface area contributed by atoms with Crippen molar-refractivity contribution >= 4 is 39.5 Å². The van der Waals surface area contributed by atoms with Crippen LogP contribution in [0.4, 0.5) is 0 Å². The average molecular weight is 1490 g/mol. The van der Waals surface area contributed by atoms with Crippen molar-refractivity contribution in [2.75, 3.05) is 39.6 Å². The Morgan fingerprint density at radius 1 is 0.275 bits per heavy atom. The molecule has 598 valence electrons. The van der Waals surface area contributed by atoms with E-state index in [9.17, 15) is 43.2 Å². The smallest absolute Gasteiger partial charge is 0.462 e. The van der Waals surface area contributed by atoms with Crippen molar-refractivity contribution in [3.05, 3.63) is 48.6 Å². The number of aliphatic hydroxyl groups excluding tert-OH is 1. The fourth-order valence-corrected chi connectivity index (χ4v) is 13.4. The zero-order valence-corrected chi connectivity index (χ0v) is 67.3. The Kier molecular flexibility index (Phi) is 74.0. The molecular formula is C83H154O17P2. The Morgan fingerprint density at radius 2 is 0.480 bits per heavy atom. The van der Waals surface area contributed by atoms with E-state index in [4.69, 9.17) is 37.0 Å². The summed E-state index contributed by atoms with van der Waals surface area (Å²) in [6.45, 7) is 4.91. The SMILES string of the molecule is CCCCC/C=C\C/C=C\CCCCCCCC(=O)OC[C@H](COP(=O)(O)OC[C@@H](O)COP(=O)(O)OC[C@@H](COC(=O)CCCCCCC/C=C\CCCCCCCC)OC(=O)CCCCCCCCCCCCCCCCCCC)OC(=O)CCCCCCC/C=C\CCCCCCCC. The van der Waals surface area contributed by atoms with Crippen LogP contribution in [-0.2, 0) is 65.4 Å². The second-order valence-electron chi connectivity index (χ2n) is 28.4. The van der Waals surface area contributed by atoms with Gasteiger partial charge in [-0.25, -0.2) is 9.13 Å². The summed E-state index contributed by atoms with van der Waals surface area (Å²) >= 11 is 0. The molecule has 0 aromatic heterocycles. The molecule has 17 nitrogen and oxygen atoms in total. The van der Waals surface area contributed by atoms with E-state index in [1.54, 1.807) is 0 Å². The van der Waals surface area contributed by atoms with Crippen LogP contribution in [0.3, 0.4) is 0 Å². The Bertz CT molecular complexity index is 2120. The second-order valence-corrected chi connectivity index (χ2v) is 31.3. The lowest BCUT2D eigenvalue weighted by Crippen LogP contribution is -2.30. The molecule has 0 aliphatic rings. The lowest BCUT2D eigenvalue weighted by atomic mass is 10.0. The molecule has 2 unspecified atom stereocenters. The first-order valence-corrected chi connectivity index (χ1v) is 44.9. The number of phosphoric ester groups is 2. The third-order valence-corrected chi connectivity index (χ3v) is 20.2. The van der Waals surface area contributed by atoms with E-state index in [0.29, 0.717) is 25.7 Å². The molecule has 0 fully saturated rings. The van der Waals surface area contributed by atoms with Gasteiger partial charge in [-0.2, -0.15) is 0 Å². The average Bonchev–Trinajstić information content (AvgIpc) is 0.922. The van der Waals surface area contributed by atoms with Gasteiger partial charge in [-0.1, -0.05) is 314 Å². The van der Waals surface area contributed by atoms with E-state index in [-0.39, 0.29) is 25.7 Å². The molecule has 0 rings (SSSR count). The minimum absolute atomic E-state index is 0.0869. The van der Waals surface area contributed by atoms with Crippen LogP contribution in [0.15, 0.2) is 48.6 Å². The van der Waals surface area contributed by atoms with Gasteiger partial charge in [0.2, 0.25) is 0 Å². The number of aliphatic hydroxyl groups is 1. The lowest BCUT2D eigenvalue weighted by molar-refractivity contribution is -0.161. The standard InChI is InChI=1S/C83H154O17P2/c1-5-9-13-17-21-25-29-33-37-38-42-46-50-54-58-62-66-70-83(88)100-79(74-94-81(86)68-64-60-56-52-48-44-40-35-31-27-23-19-15-11-7-3)76-98-102(91,92)96-72-77(84)71-95-101(89,90)97-75-78(99-82(87)69-65-61-57-53-49-45-41-36-32-28-24-20-16-12-8-4)73-93-80(85)67-63-59-55-51-47-43-39-34-30-26-22-18-14-10-6-2/h22,26,34-36,39-41,77-79,84H,5-21,23-25,27-33,37-38,42-76H2,1-4H3,(H,89,90)(H,91,92)/b26-22-,39-34-,40-35-,41-36-/t77-,78-,79-/m1/s1. The third kappa shape index (κ3) is 75.3. The molecule has 0 aliphatic carbocycles. The van der Waals surface area contributed by atoms with Crippen molar-refractivity contribution in [1.82, 2.24) is 0 Å². The van der Waals surface area contributed by atoms with Crippen LogP contribution < -0.4 is 0 Å². The van der Waals surface area contributed by atoms with Crippen LogP contribution in [-0.4, -0.2) is 96.7 Å². The predicted molar refractivity (Wildman–Crippen MR) is 418 cm³/mol. The van der Waals surface area contributed by atoms with Crippen LogP contribution in [0.1, 0.15) is 400 Å². The van der Waals surface area contributed by atoms with Crippen molar-refractivity contribution in [3.63, 3.8) is 0 Å². The summed E-state index contributed by atoms with van der Waals surface area (Å²) in [4.78, 5) is 73.1. The summed E-state index contributed by atoms with van der Waals surface area (Å²) < 4.78 is 68.7. The van der Waals surface area contributed by atoms with E-state index >= 15 is 0 Å². The Hall–Kier alpha value is -2.98. The number of esters is 4. The molecule has 0 amide bonds. The second kappa shape index (κ2) is 76.2.